The molecule has 0 saturated heterocycles. The van der Waals surface area contributed by atoms with Crippen molar-refractivity contribution >= 4 is 51.6 Å². The summed E-state index contributed by atoms with van der Waals surface area (Å²) in [5.74, 6) is -0.218. The molecule has 0 radical (unpaired) electrons. The lowest BCUT2D eigenvalue weighted by Gasteiger charge is -2.19. The number of aromatic nitrogens is 2. The number of nitrogens with zero attached hydrogens (tertiary/aromatic N) is 3. The number of fused-ring (bicyclic) bond motifs is 1. The van der Waals surface area contributed by atoms with E-state index in [4.69, 9.17) is 23.2 Å². The molecule has 28 heavy (non-hydrogen) atoms. The Hall–Kier alpha value is -2.44. The van der Waals surface area contributed by atoms with Gasteiger partial charge in [0.1, 0.15) is 17.4 Å². The zero-order chi connectivity index (χ0) is 20.4. The Labute approximate surface area is 173 Å². The maximum atomic E-state index is 12.5. The fourth-order valence-electron chi connectivity index (χ4n) is 3.19. The Balaban J connectivity index is 1.79. The molecule has 3 rings (SSSR count). The monoisotopic (exact) mass is 420 g/mol. The Kier molecular flexibility index (Phi) is 6.01. The van der Waals surface area contributed by atoms with Gasteiger partial charge in [0.05, 0.1) is 5.02 Å². The molecule has 0 aliphatic carbocycles. The molecule has 3 aromatic rings. The Morgan fingerprint density at radius 2 is 1.82 bits per heavy atom. The Bertz CT molecular complexity index is 1030. The van der Waals surface area contributed by atoms with Crippen LogP contribution in [0.5, 0.6) is 0 Å². The number of hydrogen-bond acceptors (Lipinski definition) is 2. The first-order valence-electron chi connectivity index (χ1n) is 9.04. The molecule has 0 spiro atoms. The van der Waals surface area contributed by atoms with Gasteiger partial charge in [0.25, 0.3) is 5.91 Å². The number of anilines is 1. The van der Waals surface area contributed by atoms with Crippen LogP contribution in [0.2, 0.25) is 10.2 Å². The summed E-state index contributed by atoms with van der Waals surface area (Å²) >= 11 is 12.0. The summed E-state index contributed by atoms with van der Waals surface area (Å²) < 4.78 is 3.45. The molecule has 2 aromatic heterocycles. The van der Waals surface area contributed by atoms with Crippen LogP contribution in [0.25, 0.3) is 10.9 Å². The number of benzene rings is 1. The first-order chi connectivity index (χ1) is 13.3. The zero-order valence-electron chi connectivity index (χ0n) is 16.0. The smallest absolute Gasteiger partial charge is 0.272 e. The predicted molar refractivity (Wildman–Crippen MR) is 113 cm³/mol. The third-order valence-corrected chi connectivity index (χ3v) is 5.64. The summed E-state index contributed by atoms with van der Waals surface area (Å²) in [5, 5.41) is 4.44. The SMILES string of the molecule is CCN(CC)C(=O)Cn1ccc2cc(NC(=O)c3cc(Cl)c(Cl)n3C)ccc21. The van der Waals surface area contributed by atoms with Crippen molar-refractivity contribution in [1.82, 2.24) is 14.0 Å². The highest BCUT2D eigenvalue weighted by Gasteiger charge is 2.16. The van der Waals surface area contributed by atoms with E-state index in [2.05, 4.69) is 5.32 Å². The van der Waals surface area contributed by atoms with Crippen LogP contribution >= 0.6 is 23.2 Å². The van der Waals surface area contributed by atoms with Crippen molar-refractivity contribution < 1.29 is 9.59 Å². The minimum Gasteiger partial charge on any atom is -0.342 e. The highest BCUT2D eigenvalue weighted by Crippen LogP contribution is 2.26. The first-order valence-corrected chi connectivity index (χ1v) is 9.80. The lowest BCUT2D eigenvalue weighted by Crippen LogP contribution is -2.33. The largest absolute Gasteiger partial charge is 0.342 e. The van der Waals surface area contributed by atoms with Gasteiger partial charge < -0.3 is 19.4 Å². The van der Waals surface area contributed by atoms with Crippen molar-refractivity contribution in [2.24, 2.45) is 7.05 Å². The molecular weight excluding hydrogens is 399 g/mol. The number of nitrogens with one attached hydrogen (secondary N) is 1. The Morgan fingerprint density at radius 3 is 2.43 bits per heavy atom. The van der Waals surface area contributed by atoms with Gasteiger partial charge in [-0.25, -0.2) is 0 Å². The first kappa shape index (κ1) is 20.3. The highest BCUT2D eigenvalue weighted by molar-refractivity contribution is 6.42. The molecule has 6 nitrogen and oxygen atoms in total. The van der Waals surface area contributed by atoms with Crippen molar-refractivity contribution in [3.63, 3.8) is 0 Å². The molecule has 0 bridgehead atoms. The van der Waals surface area contributed by atoms with Crippen LogP contribution in [0.4, 0.5) is 5.69 Å². The molecule has 1 N–H and O–H groups in total. The number of carbonyl (C=O) groups is 2. The average Bonchev–Trinajstić information content (AvgIpc) is 3.18. The second-order valence-corrected chi connectivity index (χ2v) is 7.23. The predicted octanol–water partition coefficient (Wildman–Crippen LogP) is 4.41. The van der Waals surface area contributed by atoms with Crippen molar-refractivity contribution in [3.05, 3.63) is 52.4 Å². The van der Waals surface area contributed by atoms with Gasteiger partial charge in [-0.1, -0.05) is 23.2 Å². The van der Waals surface area contributed by atoms with Gasteiger partial charge in [-0.05, 0) is 44.2 Å². The van der Waals surface area contributed by atoms with E-state index < -0.39 is 0 Å². The molecule has 2 amide bonds. The van der Waals surface area contributed by atoms with Crippen molar-refractivity contribution in [2.45, 2.75) is 20.4 Å². The van der Waals surface area contributed by atoms with E-state index in [1.54, 1.807) is 11.9 Å². The van der Waals surface area contributed by atoms with Crippen molar-refractivity contribution in [2.75, 3.05) is 18.4 Å². The van der Waals surface area contributed by atoms with E-state index in [9.17, 15) is 9.59 Å². The molecule has 8 heteroatoms. The number of rotatable bonds is 6. The minimum atomic E-state index is -0.299. The lowest BCUT2D eigenvalue weighted by atomic mass is 10.2. The summed E-state index contributed by atoms with van der Waals surface area (Å²) in [4.78, 5) is 26.7. The van der Waals surface area contributed by atoms with Gasteiger partial charge in [-0.3, -0.25) is 9.59 Å². The van der Waals surface area contributed by atoms with Crippen LogP contribution in [0.1, 0.15) is 24.3 Å². The normalized spacial score (nSPS) is 11.0. The number of amides is 2. The van der Waals surface area contributed by atoms with Gasteiger partial charge in [-0.15, -0.1) is 0 Å². The third-order valence-electron chi connectivity index (χ3n) is 4.80. The van der Waals surface area contributed by atoms with Crippen LogP contribution in [-0.2, 0) is 18.4 Å². The number of likely N-dealkylation sites (N-methyl/N-ethyl adjacent to an activating group) is 1. The van der Waals surface area contributed by atoms with Crippen LogP contribution < -0.4 is 5.32 Å². The van der Waals surface area contributed by atoms with Gasteiger partial charge in [0.2, 0.25) is 5.91 Å². The molecule has 0 saturated carbocycles. The average molecular weight is 421 g/mol. The molecule has 0 aliphatic rings. The van der Waals surface area contributed by atoms with Crippen LogP contribution in [0, 0.1) is 0 Å². The standard InChI is InChI=1S/C20H22Cl2N4O2/c1-4-25(5-2)18(27)12-26-9-8-13-10-14(6-7-16(13)26)23-20(28)17-11-15(21)19(22)24(17)3/h6-11H,4-5,12H2,1-3H3,(H,23,28). The molecular formula is C20H22Cl2N4O2. The van der Waals surface area contributed by atoms with E-state index in [-0.39, 0.29) is 18.4 Å². The highest BCUT2D eigenvalue weighted by atomic mass is 35.5. The summed E-state index contributed by atoms with van der Waals surface area (Å²) in [7, 11) is 1.68. The summed E-state index contributed by atoms with van der Waals surface area (Å²) in [6, 6.07) is 9.04. The number of carbonyl (C=O) groups excluding carboxylic acids is 2. The van der Waals surface area contributed by atoms with Crippen LogP contribution in [-0.4, -0.2) is 38.9 Å². The third kappa shape index (κ3) is 3.88. The fourth-order valence-corrected chi connectivity index (χ4v) is 3.57. The van der Waals surface area contributed by atoms with E-state index in [0.29, 0.717) is 34.6 Å². The topological polar surface area (TPSA) is 59.3 Å². The van der Waals surface area contributed by atoms with Crippen LogP contribution in [0.3, 0.4) is 0 Å². The number of hydrogen-bond donors (Lipinski definition) is 1. The van der Waals surface area contributed by atoms with E-state index in [1.165, 1.54) is 10.6 Å². The molecule has 0 aliphatic heterocycles. The molecule has 148 valence electrons. The molecule has 0 unspecified atom stereocenters. The Morgan fingerprint density at radius 1 is 1.11 bits per heavy atom. The summed E-state index contributed by atoms with van der Waals surface area (Å²) in [6.07, 6.45) is 1.88. The molecule has 1 aromatic carbocycles. The van der Waals surface area contributed by atoms with E-state index in [0.717, 1.165) is 10.9 Å². The molecule has 2 heterocycles. The van der Waals surface area contributed by atoms with Gasteiger partial charge in [0, 0.05) is 42.9 Å². The van der Waals surface area contributed by atoms with E-state index >= 15 is 0 Å². The summed E-state index contributed by atoms with van der Waals surface area (Å²) in [5.41, 5.74) is 1.96. The van der Waals surface area contributed by atoms with Gasteiger partial charge in [-0.2, -0.15) is 0 Å². The molecule has 0 fully saturated rings. The maximum absolute atomic E-state index is 12.5. The maximum Gasteiger partial charge on any atom is 0.272 e. The lowest BCUT2D eigenvalue weighted by molar-refractivity contribution is -0.131. The van der Waals surface area contributed by atoms with Crippen molar-refractivity contribution in [1.29, 1.82) is 0 Å². The van der Waals surface area contributed by atoms with Crippen LogP contribution in [0.15, 0.2) is 36.5 Å². The quantitative estimate of drug-likeness (QED) is 0.641. The second-order valence-electron chi connectivity index (χ2n) is 6.46. The summed E-state index contributed by atoms with van der Waals surface area (Å²) in [6.45, 7) is 5.61. The second kappa shape index (κ2) is 8.29. The van der Waals surface area contributed by atoms with E-state index in [1.807, 2.05) is 48.9 Å². The van der Waals surface area contributed by atoms with Gasteiger partial charge >= 0.3 is 0 Å². The molecule has 0 atom stereocenters. The minimum absolute atomic E-state index is 0.0809. The van der Waals surface area contributed by atoms with Gasteiger partial charge in [0.15, 0.2) is 0 Å². The number of halogens is 2. The zero-order valence-corrected chi connectivity index (χ0v) is 17.5. The fraction of sp³-hybridized carbons (Fsp3) is 0.300. The van der Waals surface area contributed by atoms with Crippen molar-refractivity contribution in [3.8, 4) is 0 Å².